The topological polar surface area (TPSA) is 85.6 Å². The molecule has 2 bridgehead atoms. The molecular weight excluding hydrogens is 362 g/mol. The summed E-state index contributed by atoms with van der Waals surface area (Å²) in [5, 5.41) is 20.1. The fourth-order valence-corrected chi connectivity index (χ4v) is 5.25. The van der Waals surface area contributed by atoms with Gasteiger partial charge in [-0.15, -0.1) is 0 Å². The van der Waals surface area contributed by atoms with Crippen LogP contribution in [0.2, 0.25) is 0 Å². The van der Waals surface area contributed by atoms with Crippen molar-refractivity contribution in [1.82, 2.24) is 24.6 Å². The highest BCUT2D eigenvalue weighted by Crippen LogP contribution is 2.37. The van der Waals surface area contributed by atoms with Crippen LogP contribution >= 0.6 is 0 Å². The number of aryl methyl sites for hydroxylation is 2. The van der Waals surface area contributed by atoms with Crippen molar-refractivity contribution in [3.63, 3.8) is 0 Å². The van der Waals surface area contributed by atoms with Gasteiger partial charge in [0.25, 0.3) is 0 Å². The lowest BCUT2D eigenvalue weighted by atomic mass is 9.96. The van der Waals surface area contributed by atoms with Gasteiger partial charge in [-0.05, 0) is 50.8 Å². The maximum absolute atomic E-state index is 8.94. The summed E-state index contributed by atoms with van der Waals surface area (Å²) in [6.07, 6.45) is 5.41. The Morgan fingerprint density at radius 3 is 2.76 bits per heavy atom. The number of para-hydroxylation sites is 1. The Bertz CT molecular complexity index is 1060. The molecule has 0 saturated carbocycles. The normalized spacial score (nSPS) is 24.1. The molecule has 150 valence electrons. The first kappa shape index (κ1) is 18.2. The molecule has 2 fully saturated rings. The third-order valence-electron chi connectivity index (χ3n) is 6.57. The number of nitrogens with zero attached hydrogens (tertiary/aromatic N) is 5. The van der Waals surface area contributed by atoms with Crippen LogP contribution in [0.3, 0.4) is 0 Å². The van der Waals surface area contributed by atoms with Gasteiger partial charge in [0.1, 0.15) is 11.2 Å². The van der Waals surface area contributed by atoms with E-state index in [1.54, 1.807) is 0 Å². The Kier molecular flexibility index (Phi) is 4.51. The van der Waals surface area contributed by atoms with Crippen LogP contribution in [0.15, 0.2) is 24.3 Å². The lowest BCUT2D eigenvalue weighted by Gasteiger charge is -2.39. The van der Waals surface area contributed by atoms with Crippen molar-refractivity contribution in [2.45, 2.75) is 57.2 Å². The van der Waals surface area contributed by atoms with E-state index in [9.17, 15) is 0 Å². The maximum atomic E-state index is 8.94. The van der Waals surface area contributed by atoms with Crippen LogP contribution in [0.4, 0.5) is 5.69 Å². The summed E-state index contributed by atoms with van der Waals surface area (Å²) in [6.45, 7) is 2.92. The molecule has 7 nitrogen and oxygen atoms in total. The largest absolute Gasteiger partial charge is 0.380 e. The summed E-state index contributed by atoms with van der Waals surface area (Å²) in [6, 6.07) is 12.3. The van der Waals surface area contributed by atoms with Gasteiger partial charge in [0.2, 0.25) is 0 Å². The van der Waals surface area contributed by atoms with Crippen molar-refractivity contribution in [1.29, 1.82) is 5.26 Å². The molecule has 0 radical (unpaired) electrons. The summed E-state index contributed by atoms with van der Waals surface area (Å²) in [7, 11) is 2.05. The van der Waals surface area contributed by atoms with Crippen molar-refractivity contribution in [3.8, 4) is 17.6 Å². The van der Waals surface area contributed by atoms with Gasteiger partial charge in [-0.1, -0.05) is 6.07 Å². The van der Waals surface area contributed by atoms with E-state index in [0.717, 1.165) is 53.3 Å². The summed E-state index contributed by atoms with van der Waals surface area (Å²) < 4.78 is 2.12. The highest BCUT2D eigenvalue weighted by molar-refractivity contribution is 5.91. The molecule has 3 atom stereocenters. The van der Waals surface area contributed by atoms with E-state index >= 15 is 0 Å². The summed E-state index contributed by atoms with van der Waals surface area (Å²) in [4.78, 5) is 7.51. The third kappa shape index (κ3) is 3.18. The van der Waals surface area contributed by atoms with Gasteiger partial charge in [-0.3, -0.25) is 10.00 Å². The molecule has 2 aromatic heterocycles. The van der Waals surface area contributed by atoms with Crippen LogP contribution in [-0.4, -0.2) is 49.3 Å². The molecule has 2 saturated heterocycles. The zero-order chi connectivity index (χ0) is 20.0. The van der Waals surface area contributed by atoms with Crippen molar-refractivity contribution in [3.05, 3.63) is 30.0 Å². The number of piperidine rings is 1. The molecule has 0 spiro atoms. The first-order chi connectivity index (χ1) is 14.1. The Hall–Kier alpha value is -2.85. The molecule has 4 heterocycles. The number of hydrogen-bond acceptors (Lipinski definition) is 5. The fourth-order valence-electron chi connectivity index (χ4n) is 5.25. The number of anilines is 1. The van der Waals surface area contributed by atoms with Crippen LogP contribution in [0.25, 0.3) is 22.6 Å². The number of benzene rings is 1. The van der Waals surface area contributed by atoms with E-state index in [-0.39, 0.29) is 0 Å². The van der Waals surface area contributed by atoms with Gasteiger partial charge in [0.15, 0.2) is 5.82 Å². The van der Waals surface area contributed by atoms with E-state index in [1.807, 2.05) is 20.0 Å². The standard InChI is InChI=1S/C22H27N7/c1-14-11-19(27-26-14)22-25-21-18(5-3-6-20(21)28(22)2)24-15-12-16-7-8-17(13-15)29(16)10-4-9-23/h3,5-6,11,15-17,24H,4,7-8,10,12-13H2,1-2H3,(H,26,27)/t15-,16-,17+. The Morgan fingerprint density at radius 2 is 2.07 bits per heavy atom. The predicted molar refractivity (Wildman–Crippen MR) is 113 cm³/mol. The van der Waals surface area contributed by atoms with Crippen LogP contribution in [0.1, 0.15) is 37.8 Å². The molecule has 2 aliphatic heterocycles. The number of hydrogen-bond donors (Lipinski definition) is 2. The van der Waals surface area contributed by atoms with Crippen molar-refractivity contribution in [2.75, 3.05) is 11.9 Å². The number of aromatic nitrogens is 4. The third-order valence-corrected chi connectivity index (χ3v) is 6.57. The highest BCUT2D eigenvalue weighted by atomic mass is 15.2. The van der Waals surface area contributed by atoms with Crippen molar-refractivity contribution >= 4 is 16.7 Å². The molecule has 29 heavy (non-hydrogen) atoms. The number of imidazole rings is 1. The number of H-pyrrole nitrogens is 1. The van der Waals surface area contributed by atoms with Gasteiger partial charge in [0.05, 0.1) is 17.3 Å². The Balaban J connectivity index is 1.40. The highest BCUT2D eigenvalue weighted by Gasteiger charge is 2.40. The minimum Gasteiger partial charge on any atom is -0.380 e. The first-order valence-corrected chi connectivity index (χ1v) is 10.5. The second-order valence-corrected chi connectivity index (χ2v) is 8.45. The molecule has 2 aliphatic rings. The molecule has 5 rings (SSSR count). The Morgan fingerprint density at radius 1 is 1.28 bits per heavy atom. The minimum absolute atomic E-state index is 0.453. The summed E-state index contributed by atoms with van der Waals surface area (Å²) in [5.41, 5.74) is 5.12. The molecule has 1 aromatic carbocycles. The minimum atomic E-state index is 0.453. The van der Waals surface area contributed by atoms with Crippen LogP contribution in [0, 0.1) is 18.3 Å². The molecule has 0 aliphatic carbocycles. The second kappa shape index (κ2) is 7.20. The lowest BCUT2D eigenvalue weighted by Crippen LogP contribution is -2.47. The SMILES string of the molecule is Cc1cc(-c2nc3c(N[C@@H]4C[C@H]5CC[C@@H](C4)N5CCC#N)cccc3n2C)n[nH]1. The number of fused-ring (bicyclic) bond motifs is 3. The van der Waals surface area contributed by atoms with Gasteiger partial charge < -0.3 is 9.88 Å². The monoisotopic (exact) mass is 389 g/mol. The summed E-state index contributed by atoms with van der Waals surface area (Å²) in [5.74, 6) is 0.880. The van der Waals surface area contributed by atoms with Crippen LogP contribution in [0.5, 0.6) is 0 Å². The molecule has 0 unspecified atom stereocenters. The molecule has 2 N–H and O–H groups in total. The van der Waals surface area contributed by atoms with Gasteiger partial charge in [-0.25, -0.2) is 4.98 Å². The average Bonchev–Trinajstić information content (AvgIpc) is 3.35. The van der Waals surface area contributed by atoms with Gasteiger partial charge in [0, 0.05) is 43.8 Å². The van der Waals surface area contributed by atoms with E-state index in [4.69, 9.17) is 10.2 Å². The van der Waals surface area contributed by atoms with E-state index in [2.05, 4.69) is 49.2 Å². The maximum Gasteiger partial charge on any atom is 0.161 e. The second-order valence-electron chi connectivity index (χ2n) is 8.45. The zero-order valence-electron chi connectivity index (χ0n) is 17.0. The Labute approximate surface area is 170 Å². The fraction of sp³-hybridized carbons (Fsp3) is 0.500. The van der Waals surface area contributed by atoms with Crippen LogP contribution < -0.4 is 5.32 Å². The quantitative estimate of drug-likeness (QED) is 0.696. The molecule has 7 heteroatoms. The number of rotatable bonds is 5. The zero-order valence-corrected chi connectivity index (χ0v) is 17.0. The molecular formula is C22H27N7. The number of aromatic amines is 1. The van der Waals surface area contributed by atoms with Crippen molar-refractivity contribution in [2.24, 2.45) is 7.05 Å². The van der Waals surface area contributed by atoms with Crippen LogP contribution in [-0.2, 0) is 7.05 Å². The molecule has 3 aromatic rings. The average molecular weight is 390 g/mol. The van der Waals surface area contributed by atoms with Crippen molar-refractivity contribution < 1.29 is 0 Å². The van der Waals surface area contributed by atoms with E-state index < -0.39 is 0 Å². The smallest absolute Gasteiger partial charge is 0.161 e. The van der Waals surface area contributed by atoms with E-state index in [1.165, 1.54) is 12.8 Å². The van der Waals surface area contributed by atoms with Gasteiger partial charge in [-0.2, -0.15) is 10.4 Å². The predicted octanol–water partition coefficient (Wildman–Crippen LogP) is 3.59. The first-order valence-electron chi connectivity index (χ1n) is 10.5. The van der Waals surface area contributed by atoms with Gasteiger partial charge >= 0.3 is 0 Å². The lowest BCUT2D eigenvalue weighted by molar-refractivity contribution is 0.136. The summed E-state index contributed by atoms with van der Waals surface area (Å²) >= 11 is 0. The van der Waals surface area contributed by atoms with E-state index in [0.29, 0.717) is 24.5 Å². The molecule has 0 amide bonds. The number of nitriles is 1. The number of nitrogens with one attached hydrogen (secondary N) is 2.